The van der Waals surface area contributed by atoms with E-state index in [0.717, 1.165) is 34.5 Å². The van der Waals surface area contributed by atoms with Crippen molar-refractivity contribution in [2.24, 2.45) is 0 Å². The lowest BCUT2D eigenvalue weighted by Crippen LogP contribution is -2.39. The molecule has 4 aromatic rings. The van der Waals surface area contributed by atoms with Gasteiger partial charge in [0.25, 0.3) is 0 Å². The zero-order chi connectivity index (χ0) is 24.3. The maximum absolute atomic E-state index is 12.8. The molecule has 0 spiro atoms. The SMILES string of the molecule is Cc1ncncc1-c1ccc(C(C)[n+]2cc([N-]C(=O)Nc3cccc(C(F)(F)F)c3)on2)cc1. The van der Waals surface area contributed by atoms with Crippen molar-refractivity contribution in [1.29, 1.82) is 0 Å². The summed E-state index contributed by atoms with van der Waals surface area (Å²) in [6.07, 6.45) is 0.167. The number of urea groups is 1. The molecule has 0 aliphatic rings. The van der Waals surface area contributed by atoms with Crippen LogP contribution in [0.15, 0.2) is 71.8 Å². The van der Waals surface area contributed by atoms with Crippen molar-refractivity contribution in [3.8, 4) is 11.1 Å². The molecule has 1 atom stereocenters. The summed E-state index contributed by atoms with van der Waals surface area (Å²) in [6.45, 7) is 3.80. The van der Waals surface area contributed by atoms with Crippen molar-refractivity contribution < 1.29 is 27.2 Å². The first kappa shape index (κ1) is 22.9. The minimum absolute atomic E-state index is 0.0384. The molecule has 4 rings (SSSR count). The van der Waals surface area contributed by atoms with Gasteiger partial charge in [0.2, 0.25) is 18.1 Å². The Morgan fingerprint density at radius 2 is 1.94 bits per heavy atom. The Morgan fingerprint density at radius 3 is 2.65 bits per heavy atom. The molecule has 0 fully saturated rings. The first-order valence-corrected chi connectivity index (χ1v) is 10.2. The Balaban J connectivity index is 1.41. The highest BCUT2D eigenvalue weighted by Gasteiger charge is 2.30. The summed E-state index contributed by atoms with van der Waals surface area (Å²) in [5.41, 5.74) is 2.79. The zero-order valence-electron chi connectivity index (χ0n) is 18.1. The molecule has 8 nitrogen and oxygen atoms in total. The Morgan fingerprint density at radius 1 is 1.18 bits per heavy atom. The number of amides is 2. The smallest absolute Gasteiger partial charge is 0.416 e. The second kappa shape index (κ2) is 9.30. The van der Waals surface area contributed by atoms with Gasteiger partial charge in [-0.2, -0.15) is 13.2 Å². The van der Waals surface area contributed by atoms with Crippen molar-refractivity contribution >= 4 is 17.6 Å². The van der Waals surface area contributed by atoms with Crippen LogP contribution in [0, 0.1) is 6.92 Å². The fourth-order valence-electron chi connectivity index (χ4n) is 3.27. The highest BCUT2D eigenvalue weighted by molar-refractivity contribution is 6.03. The van der Waals surface area contributed by atoms with E-state index in [0.29, 0.717) is 0 Å². The minimum atomic E-state index is -4.52. The van der Waals surface area contributed by atoms with Crippen molar-refractivity contribution in [3.05, 3.63) is 89.4 Å². The molecule has 0 saturated carbocycles. The number of alkyl halides is 3. The molecule has 2 aromatic carbocycles. The summed E-state index contributed by atoms with van der Waals surface area (Å²) in [5.74, 6) is -0.0926. The number of nitrogens with zero attached hydrogens (tertiary/aromatic N) is 5. The quantitative estimate of drug-likeness (QED) is 0.385. The molecule has 2 heterocycles. The van der Waals surface area contributed by atoms with E-state index in [1.807, 2.05) is 38.1 Å². The summed E-state index contributed by atoms with van der Waals surface area (Å²) >= 11 is 0. The normalized spacial score (nSPS) is 12.3. The minimum Gasteiger partial charge on any atom is -0.424 e. The summed E-state index contributed by atoms with van der Waals surface area (Å²) in [6, 6.07) is 10.9. The van der Waals surface area contributed by atoms with E-state index in [9.17, 15) is 18.0 Å². The molecule has 34 heavy (non-hydrogen) atoms. The van der Waals surface area contributed by atoms with Gasteiger partial charge in [-0.1, -0.05) is 42.5 Å². The average molecular weight is 468 g/mol. The van der Waals surface area contributed by atoms with Crippen LogP contribution in [-0.2, 0) is 6.18 Å². The fourth-order valence-corrected chi connectivity index (χ4v) is 3.27. The number of aryl methyl sites for hydroxylation is 1. The van der Waals surface area contributed by atoms with Crippen LogP contribution in [0.25, 0.3) is 16.4 Å². The highest BCUT2D eigenvalue weighted by Crippen LogP contribution is 2.31. The molecular formula is C23H19F3N6O2. The number of halogens is 3. The summed E-state index contributed by atoms with van der Waals surface area (Å²) in [5, 5.41) is 9.89. The van der Waals surface area contributed by atoms with Crippen LogP contribution in [0.3, 0.4) is 0 Å². The predicted molar refractivity (Wildman–Crippen MR) is 116 cm³/mol. The summed E-state index contributed by atoms with van der Waals surface area (Å²) in [7, 11) is 0. The third-order valence-electron chi connectivity index (χ3n) is 5.14. The number of aromatic nitrogens is 4. The summed E-state index contributed by atoms with van der Waals surface area (Å²) < 4.78 is 45.1. The van der Waals surface area contributed by atoms with Gasteiger partial charge in [0.05, 0.1) is 5.56 Å². The number of hydrogen-bond donors (Lipinski definition) is 1. The highest BCUT2D eigenvalue weighted by atomic mass is 19.4. The van der Waals surface area contributed by atoms with E-state index in [1.165, 1.54) is 29.3 Å². The van der Waals surface area contributed by atoms with Gasteiger partial charge in [0.1, 0.15) is 6.33 Å². The molecule has 0 saturated heterocycles. The van der Waals surface area contributed by atoms with E-state index in [1.54, 1.807) is 6.20 Å². The zero-order valence-corrected chi connectivity index (χ0v) is 18.1. The Kier molecular flexibility index (Phi) is 6.26. The van der Waals surface area contributed by atoms with Crippen LogP contribution < -0.4 is 10.00 Å². The van der Waals surface area contributed by atoms with E-state index in [4.69, 9.17) is 4.52 Å². The third kappa shape index (κ3) is 5.20. The van der Waals surface area contributed by atoms with Crippen LogP contribution >= 0.6 is 0 Å². The largest absolute Gasteiger partial charge is 0.424 e. The number of carbonyl (C=O) groups excluding carboxylic acids is 1. The van der Waals surface area contributed by atoms with Crippen molar-refractivity contribution in [1.82, 2.24) is 15.2 Å². The number of benzene rings is 2. The molecular weight excluding hydrogens is 449 g/mol. The fraction of sp³-hybridized carbons (Fsp3) is 0.174. The van der Waals surface area contributed by atoms with E-state index in [-0.39, 0.29) is 17.6 Å². The van der Waals surface area contributed by atoms with Gasteiger partial charge in [-0.15, -0.1) is 0 Å². The molecule has 0 aliphatic heterocycles. The number of carbonyl (C=O) groups is 1. The van der Waals surface area contributed by atoms with Crippen molar-refractivity contribution in [2.45, 2.75) is 26.1 Å². The number of nitrogens with one attached hydrogen (secondary N) is 1. The van der Waals surface area contributed by atoms with Crippen LogP contribution in [0.1, 0.15) is 29.8 Å². The number of anilines is 1. The van der Waals surface area contributed by atoms with Crippen LogP contribution in [0.4, 0.5) is 29.5 Å². The monoisotopic (exact) mass is 468 g/mol. The lowest BCUT2D eigenvalue weighted by molar-refractivity contribution is -0.774. The van der Waals surface area contributed by atoms with Crippen LogP contribution in [0.2, 0.25) is 0 Å². The molecule has 0 bridgehead atoms. The van der Waals surface area contributed by atoms with Crippen LogP contribution in [0.5, 0.6) is 0 Å². The van der Waals surface area contributed by atoms with E-state index >= 15 is 0 Å². The van der Waals surface area contributed by atoms with Gasteiger partial charge >= 0.3 is 6.18 Å². The van der Waals surface area contributed by atoms with Gasteiger partial charge in [0, 0.05) is 29.9 Å². The topological polar surface area (TPSA) is 98.9 Å². The molecule has 174 valence electrons. The summed E-state index contributed by atoms with van der Waals surface area (Å²) in [4.78, 5) is 20.4. The van der Waals surface area contributed by atoms with Gasteiger partial charge in [-0.3, -0.25) is 4.79 Å². The van der Waals surface area contributed by atoms with Gasteiger partial charge < -0.3 is 15.2 Å². The van der Waals surface area contributed by atoms with E-state index in [2.05, 4.69) is 25.9 Å². The Hall–Kier alpha value is -4.28. The van der Waals surface area contributed by atoms with E-state index < -0.39 is 17.8 Å². The lowest BCUT2D eigenvalue weighted by Gasteiger charge is -2.15. The second-order valence-corrected chi connectivity index (χ2v) is 7.46. The van der Waals surface area contributed by atoms with Gasteiger partial charge in [-0.25, -0.2) is 9.97 Å². The van der Waals surface area contributed by atoms with Gasteiger partial charge in [0.15, 0.2) is 11.3 Å². The number of rotatable bonds is 5. The maximum Gasteiger partial charge on any atom is 0.416 e. The molecule has 0 radical (unpaired) electrons. The molecule has 2 aromatic heterocycles. The maximum atomic E-state index is 12.8. The van der Waals surface area contributed by atoms with Gasteiger partial charge in [-0.05, 0) is 28.9 Å². The molecule has 1 unspecified atom stereocenters. The molecule has 2 amide bonds. The molecule has 0 aliphatic carbocycles. The number of hydrogen-bond acceptors (Lipinski definition) is 5. The third-order valence-corrected chi connectivity index (χ3v) is 5.14. The van der Waals surface area contributed by atoms with Crippen molar-refractivity contribution in [3.63, 3.8) is 0 Å². The standard InChI is InChI=1S/C23H19F3N6O2/c1-14-20(11-27-13-28-14)17-8-6-16(7-9-17)15(2)32-12-21(34-31-32)30-22(33)29-19-5-3-4-18(10-19)23(24,25)26/h3-13,15H,1-2H3,(H-,29,30,31,33). The first-order chi connectivity index (χ1) is 16.2. The Bertz CT molecular complexity index is 1300. The van der Waals surface area contributed by atoms with Crippen molar-refractivity contribution in [2.75, 3.05) is 5.32 Å². The van der Waals surface area contributed by atoms with Crippen LogP contribution in [-0.4, -0.2) is 21.3 Å². The second-order valence-electron chi connectivity index (χ2n) is 7.46. The lowest BCUT2D eigenvalue weighted by atomic mass is 10.0. The predicted octanol–water partition coefficient (Wildman–Crippen LogP) is 5.59. The first-order valence-electron chi connectivity index (χ1n) is 10.2. The average Bonchev–Trinajstić information content (AvgIpc) is 3.27. The molecule has 11 heteroatoms. The molecule has 1 N–H and O–H groups in total. The Labute approximate surface area is 192 Å².